The van der Waals surface area contributed by atoms with Crippen molar-refractivity contribution >= 4 is 28.4 Å². The number of aromatic nitrogens is 1. The molecule has 0 radical (unpaired) electrons. The summed E-state index contributed by atoms with van der Waals surface area (Å²) in [6.45, 7) is 0. The van der Waals surface area contributed by atoms with Crippen LogP contribution in [0.4, 0.5) is 10.1 Å². The van der Waals surface area contributed by atoms with Gasteiger partial charge in [-0.15, -0.1) is 0 Å². The third kappa shape index (κ3) is 2.86. The van der Waals surface area contributed by atoms with Gasteiger partial charge in [-0.1, -0.05) is 23.7 Å². The van der Waals surface area contributed by atoms with Gasteiger partial charge in [0.25, 0.3) is 0 Å². The molecule has 130 valence electrons. The lowest BCUT2D eigenvalue weighted by Gasteiger charge is -2.05. The summed E-state index contributed by atoms with van der Waals surface area (Å²) in [7, 11) is 1.58. The van der Waals surface area contributed by atoms with Gasteiger partial charge in [-0.05, 0) is 53.6 Å². The Morgan fingerprint density at radius 1 is 1.04 bits per heavy atom. The van der Waals surface area contributed by atoms with Crippen LogP contribution >= 0.6 is 11.6 Å². The Labute approximate surface area is 154 Å². The van der Waals surface area contributed by atoms with Gasteiger partial charge >= 0.3 is 0 Å². The Balaban J connectivity index is 1.81. The summed E-state index contributed by atoms with van der Waals surface area (Å²) in [5.41, 5.74) is 10.1. The molecule has 0 bridgehead atoms. The fourth-order valence-electron chi connectivity index (χ4n) is 2.79. The summed E-state index contributed by atoms with van der Waals surface area (Å²) in [6, 6.07) is 15.4. The summed E-state index contributed by atoms with van der Waals surface area (Å²) in [5.74, 6) is 0.587. The Kier molecular flexibility index (Phi) is 4.01. The number of nitrogen functional groups attached to an aromatic ring is 1. The van der Waals surface area contributed by atoms with E-state index in [1.807, 2.05) is 18.2 Å². The number of benzene rings is 3. The minimum absolute atomic E-state index is 0.0768. The zero-order valence-electron chi connectivity index (χ0n) is 13.8. The van der Waals surface area contributed by atoms with E-state index in [9.17, 15) is 4.39 Å². The minimum atomic E-state index is -0.450. The van der Waals surface area contributed by atoms with Crippen LogP contribution in [0.2, 0.25) is 5.02 Å². The monoisotopic (exact) mass is 368 g/mol. The molecule has 1 aromatic heterocycles. The van der Waals surface area contributed by atoms with Crippen molar-refractivity contribution in [1.82, 2.24) is 4.98 Å². The molecule has 4 rings (SSSR count). The highest BCUT2D eigenvalue weighted by atomic mass is 35.5. The quantitative estimate of drug-likeness (QED) is 0.482. The first-order valence-corrected chi connectivity index (χ1v) is 8.23. The van der Waals surface area contributed by atoms with Gasteiger partial charge in [-0.2, -0.15) is 0 Å². The Hall–Kier alpha value is -3.05. The average Bonchev–Trinajstić information content (AvgIpc) is 3.07. The molecule has 2 N–H and O–H groups in total. The molecule has 1 heterocycles. The summed E-state index contributed by atoms with van der Waals surface area (Å²) in [6.07, 6.45) is 0. The minimum Gasteiger partial charge on any atom is -0.496 e. The second-order valence-corrected chi connectivity index (χ2v) is 6.20. The van der Waals surface area contributed by atoms with Crippen molar-refractivity contribution < 1.29 is 13.5 Å². The highest BCUT2D eigenvalue weighted by Gasteiger charge is 2.14. The number of rotatable bonds is 3. The normalized spacial score (nSPS) is 11.0. The number of ether oxygens (including phenoxy) is 1. The third-order valence-corrected chi connectivity index (χ3v) is 4.38. The van der Waals surface area contributed by atoms with E-state index in [1.54, 1.807) is 37.4 Å². The molecule has 0 amide bonds. The highest BCUT2D eigenvalue weighted by Crippen LogP contribution is 2.34. The van der Waals surface area contributed by atoms with Crippen LogP contribution in [0, 0.1) is 5.82 Å². The van der Waals surface area contributed by atoms with Crippen LogP contribution in [-0.4, -0.2) is 12.1 Å². The van der Waals surface area contributed by atoms with Gasteiger partial charge in [0.05, 0.1) is 17.7 Å². The lowest BCUT2D eigenvalue weighted by molar-refractivity contribution is 0.415. The number of halogens is 2. The van der Waals surface area contributed by atoms with Crippen LogP contribution in [0.1, 0.15) is 0 Å². The maximum atomic E-state index is 13.4. The lowest BCUT2D eigenvalue weighted by atomic mass is 10.1. The largest absolute Gasteiger partial charge is 0.496 e. The Bertz CT molecular complexity index is 1120. The van der Waals surface area contributed by atoms with Crippen molar-refractivity contribution in [2.24, 2.45) is 0 Å². The van der Waals surface area contributed by atoms with Crippen LogP contribution in [0.25, 0.3) is 33.7 Å². The van der Waals surface area contributed by atoms with Crippen molar-refractivity contribution in [3.8, 4) is 28.3 Å². The molecular weight excluding hydrogens is 355 g/mol. The van der Waals surface area contributed by atoms with E-state index in [0.29, 0.717) is 34.0 Å². The van der Waals surface area contributed by atoms with E-state index in [2.05, 4.69) is 4.98 Å². The number of nitrogens with zero attached hydrogens (tertiary/aromatic N) is 1. The third-order valence-electron chi connectivity index (χ3n) is 4.09. The molecule has 0 fully saturated rings. The standard InChI is InChI=1S/C20H14ClFN2O2/c1-25-18-7-4-13(23)10-14(18)20-24-17-9-12(3-6-19(17)26-20)11-2-5-16(22)15(21)8-11/h2-10H,23H2,1H3. The van der Waals surface area contributed by atoms with Crippen LogP contribution in [0.3, 0.4) is 0 Å². The molecule has 0 unspecified atom stereocenters. The van der Waals surface area contributed by atoms with E-state index < -0.39 is 5.82 Å². The fourth-order valence-corrected chi connectivity index (χ4v) is 2.97. The molecule has 0 aliphatic rings. The van der Waals surface area contributed by atoms with Crippen molar-refractivity contribution in [3.63, 3.8) is 0 Å². The molecule has 4 nitrogen and oxygen atoms in total. The predicted molar refractivity (Wildman–Crippen MR) is 101 cm³/mol. The molecule has 0 spiro atoms. The molecule has 0 atom stereocenters. The zero-order chi connectivity index (χ0) is 18.3. The van der Waals surface area contributed by atoms with Crippen molar-refractivity contribution in [2.75, 3.05) is 12.8 Å². The van der Waals surface area contributed by atoms with E-state index in [1.165, 1.54) is 6.07 Å². The molecule has 0 saturated heterocycles. The molecule has 3 aromatic carbocycles. The number of anilines is 1. The lowest BCUT2D eigenvalue weighted by Crippen LogP contribution is -1.91. The van der Waals surface area contributed by atoms with Gasteiger partial charge < -0.3 is 14.9 Å². The highest BCUT2D eigenvalue weighted by molar-refractivity contribution is 6.31. The van der Waals surface area contributed by atoms with Gasteiger partial charge in [0.1, 0.15) is 17.1 Å². The maximum Gasteiger partial charge on any atom is 0.231 e. The molecule has 26 heavy (non-hydrogen) atoms. The van der Waals surface area contributed by atoms with Crippen molar-refractivity contribution in [3.05, 3.63) is 65.4 Å². The first-order chi connectivity index (χ1) is 12.5. The first kappa shape index (κ1) is 16.4. The predicted octanol–water partition coefficient (Wildman–Crippen LogP) is 5.55. The van der Waals surface area contributed by atoms with Gasteiger partial charge in [0.15, 0.2) is 5.58 Å². The second kappa shape index (κ2) is 6.35. The Morgan fingerprint density at radius 3 is 2.58 bits per heavy atom. The van der Waals surface area contributed by atoms with Crippen molar-refractivity contribution in [2.45, 2.75) is 0 Å². The Morgan fingerprint density at radius 2 is 1.81 bits per heavy atom. The fraction of sp³-hybridized carbons (Fsp3) is 0.0500. The summed E-state index contributed by atoms with van der Waals surface area (Å²) >= 11 is 5.88. The topological polar surface area (TPSA) is 61.3 Å². The molecule has 0 aliphatic carbocycles. The van der Waals surface area contributed by atoms with Crippen LogP contribution in [-0.2, 0) is 0 Å². The number of oxazole rings is 1. The molecule has 0 saturated carbocycles. The second-order valence-electron chi connectivity index (χ2n) is 5.79. The van der Waals surface area contributed by atoms with Gasteiger partial charge in [0, 0.05) is 5.69 Å². The van der Waals surface area contributed by atoms with E-state index in [-0.39, 0.29) is 5.02 Å². The molecule has 0 aliphatic heterocycles. The first-order valence-electron chi connectivity index (χ1n) is 7.85. The summed E-state index contributed by atoms with van der Waals surface area (Å²) in [4.78, 5) is 4.55. The number of hydrogen-bond acceptors (Lipinski definition) is 4. The summed E-state index contributed by atoms with van der Waals surface area (Å²) < 4.78 is 24.6. The van der Waals surface area contributed by atoms with Crippen LogP contribution in [0.15, 0.2) is 59.0 Å². The van der Waals surface area contributed by atoms with Gasteiger partial charge in [-0.25, -0.2) is 9.37 Å². The number of hydrogen-bond donors (Lipinski definition) is 1. The number of nitrogens with two attached hydrogens (primary N) is 1. The average molecular weight is 369 g/mol. The maximum absolute atomic E-state index is 13.4. The zero-order valence-corrected chi connectivity index (χ0v) is 14.5. The van der Waals surface area contributed by atoms with Crippen molar-refractivity contribution in [1.29, 1.82) is 0 Å². The van der Waals surface area contributed by atoms with Gasteiger partial charge in [-0.3, -0.25) is 0 Å². The van der Waals surface area contributed by atoms with Crippen LogP contribution in [0.5, 0.6) is 5.75 Å². The van der Waals surface area contributed by atoms with E-state index in [4.69, 9.17) is 26.5 Å². The van der Waals surface area contributed by atoms with E-state index >= 15 is 0 Å². The molecule has 6 heteroatoms. The van der Waals surface area contributed by atoms with Crippen LogP contribution < -0.4 is 10.5 Å². The SMILES string of the molecule is COc1ccc(N)cc1-c1nc2cc(-c3ccc(F)c(Cl)c3)ccc2o1. The summed E-state index contributed by atoms with van der Waals surface area (Å²) in [5, 5.41) is 0.0768. The van der Waals surface area contributed by atoms with Gasteiger partial charge in [0.2, 0.25) is 5.89 Å². The molecule has 4 aromatic rings. The number of methoxy groups -OCH3 is 1. The molecular formula is C20H14ClFN2O2. The van der Waals surface area contributed by atoms with E-state index in [0.717, 1.165) is 11.1 Å². The number of fused-ring (bicyclic) bond motifs is 1. The smallest absolute Gasteiger partial charge is 0.231 e.